The minimum absolute atomic E-state index is 0.138. The Labute approximate surface area is 210 Å². The Balaban J connectivity index is 1.72. The lowest BCUT2D eigenvalue weighted by molar-refractivity contribution is -0.388. The SMILES string of the molecule is COc1cccc(C(=O)OOC2CC(C)CCC2(C)OOC(=O)c2cccc(OC)c2OC)c1OC. The Hall–Kier alpha value is -3.50. The van der Waals surface area contributed by atoms with E-state index in [4.69, 9.17) is 38.5 Å². The summed E-state index contributed by atoms with van der Waals surface area (Å²) in [5.41, 5.74) is -0.800. The molecule has 1 aliphatic rings. The molecular weight excluding hydrogens is 472 g/mol. The Morgan fingerprint density at radius 1 is 0.806 bits per heavy atom. The second-order valence-corrected chi connectivity index (χ2v) is 8.68. The van der Waals surface area contributed by atoms with Gasteiger partial charge in [-0.05, 0) is 56.4 Å². The quantitative estimate of drug-likeness (QED) is 0.338. The maximum absolute atomic E-state index is 12.8. The van der Waals surface area contributed by atoms with E-state index < -0.39 is 23.6 Å². The van der Waals surface area contributed by atoms with E-state index >= 15 is 0 Å². The number of carbonyl (C=O) groups is 2. The van der Waals surface area contributed by atoms with Gasteiger partial charge in [-0.25, -0.2) is 9.59 Å². The van der Waals surface area contributed by atoms with E-state index in [0.29, 0.717) is 24.3 Å². The fourth-order valence-electron chi connectivity index (χ4n) is 4.08. The molecule has 0 saturated heterocycles. The topological polar surface area (TPSA) is 108 Å². The van der Waals surface area contributed by atoms with Crippen molar-refractivity contribution >= 4 is 11.9 Å². The number of para-hydroxylation sites is 2. The molecule has 36 heavy (non-hydrogen) atoms. The molecule has 0 heterocycles. The normalized spacial score (nSPS) is 21.3. The third-order valence-corrected chi connectivity index (χ3v) is 6.22. The van der Waals surface area contributed by atoms with Crippen molar-refractivity contribution in [2.75, 3.05) is 28.4 Å². The minimum Gasteiger partial charge on any atom is -0.493 e. The first-order chi connectivity index (χ1) is 17.3. The lowest BCUT2D eigenvalue weighted by atomic mass is 9.78. The molecule has 10 nitrogen and oxygen atoms in total. The molecule has 196 valence electrons. The number of ether oxygens (including phenoxy) is 4. The summed E-state index contributed by atoms with van der Waals surface area (Å²) >= 11 is 0. The Morgan fingerprint density at radius 3 is 1.83 bits per heavy atom. The van der Waals surface area contributed by atoms with Crippen molar-refractivity contribution in [2.24, 2.45) is 5.92 Å². The van der Waals surface area contributed by atoms with Crippen LogP contribution in [-0.2, 0) is 19.6 Å². The lowest BCUT2D eigenvalue weighted by Gasteiger charge is -2.39. The smallest absolute Gasteiger partial charge is 0.376 e. The average molecular weight is 505 g/mol. The number of methoxy groups -OCH3 is 4. The van der Waals surface area contributed by atoms with Crippen LogP contribution in [0.4, 0.5) is 0 Å². The molecule has 3 unspecified atom stereocenters. The van der Waals surface area contributed by atoms with Gasteiger partial charge in [0.1, 0.15) is 22.8 Å². The van der Waals surface area contributed by atoms with Crippen molar-refractivity contribution < 1.29 is 48.1 Å². The molecular formula is C26H32O10. The molecule has 3 rings (SSSR count). The van der Waals surface area contributed by atoms with Crippen LogP contribution in [-0.4, -0.2) is 52.1 Å². The summed E-state index contributed by atoms with van der Waals surface area (Å²) in [5, 5.41) is 0. The van der Waals surface area contributed by atoms with E-state index in [9.17, 15) is 9.59 Å². The van der Waals surface area contributed by atoms with Crippen LogP contribution in [0.1, 0.15) is 53.8 Å². The number of carbonyl (C=O) groups excluding carboxylic acids is 2. The minimum atomic E-state index is -1.08. The van der Waals surface area contributed by atoms with Gasteiger partial charge in [-0.3, -0.25) is 9.78 Å². The molecule has 1 fully saturated rings. The van der Waals surface area contributed by atoms with Gasteiger partial charge < -0.3 is 18.9 Å². The van der Waals surface area contributed by atoms with Gasteiger partial charge in [0.05, 0.1) is 28.4 Å². The van der Waals surface area contributed by atoms with Gasteiger partial charge in [0.2, 0.25) is 0 Å². The standard InChI is InChI=1S/C26H32O10/c1-16-13-14-26(2,36-35-25(28)18-10-8-12-20(30-4)23(18)32-6)21(15-16)33-34-24(27)17-9-7-11-19(29-3)22(17)31-5/h7-12,16,21H,13-15H2,1-6H3. The van der Waals surface area contributed by atoms with Gasteiger partial charge in [-0.15, -0.1) is 0 Å². The zero-order valence-electron chi connectivity index (χ0n) is 21.3. The summed E-state index contributed by atoms with van der Waals surface area (Å²) < 4.78 is 21.1. The van der Waals surface area contributed by atoms with Crippen LogP contribution in [0.15, 0.2) is 36.4 Å². The molecule has 0 amide bonds. The fraction of sp³-hybridized carbons (Fsp3) is 0.462. The van der Waals surface area contributed by atoms with Gasteiger partial charge in [0, 0.05) is 0 Å². The second-order valence-electron chi connectivity index (χ2n) is 8.68. The average Bonchev–Trinajstić information content (AvgIpc) is 2.90. The van der Waals surface area contributed by atoms with Crippen molar-refractivity contribution in [2.45, 2.75) is 44.8 Å². The number of hydrogen-bond acceptors (Lipinski definition) is 10. The van der Waals surface area contributed by atoms with Gasteiger partial charge in [0.15, 0.2) is 23.0 Å². The summed E-state index contributed by atoms with van der Waals surface area (Å²) in [6.07, 6.45) is 1.11. The highest BCUT2D eigenvalue weighted by atomic mass is 17.2. The van der Waals surface area contributed by atoms with E-state index in [-0.39, 0.29) is 28.5 Å². The summed E-state index contributed by atoms with van der Waals surface area (Å²) in [6.45, 7) is 3.79. The summed E-state index contributed by atoms with van der Waals surface area (Å²) in [5.74, 6) is -0.0365. The maximum Gasteiger partial charge on any atom is 0.376 e. The van der Waals surface area contributed by atoms with E-state index in [0.717, 1.165) is 6.42 Å². The Morgan fingerprint density at radius 2 is 1.33 bits per heavy atom. The van der Waals surface area contributed by atoms with Crippen molar-refractivity contribution in [1.82, 2.24) is 0 Å². The predicted molar refractivity (Wildman–Crippen MR) is 127 cm³/mol. The fourth-order valence-corrected chi connectivity index (χ4v) is 4.08. The molecule has 2 aromatic rings. The van der Waals surface area contributed by atoms with Crippen LogP contribution < -0.4 is 18.9 Å². The highest BCUT2D eigenvalue weighted by Crippen LogP contribution is 2.38. The Bertz CT molecular complexity index is 1070. The molecule has 0 spiro atoms. The molecule has 3 atom stereocenters. The largest absolute Gasteiger partial charge is 0.493 e. The molecule has 10 heteroatoms. The highest BCUT2D eigenvalue weighted by molar-refractivity contribution is 5.93. The first-order valence-corrected chi connectivity index (χ1v) is 11.5. The molecule has 0 bridgehead atoms. The molecule has 0 radical (unpaired) electrons. The van der Waals surface area contributed by atoms with Crippen LogP contribution in [0.3, 0.4) is 0 Å². The summed E-state index contributed by atoms with van der Waals surface area (Å²) in [4.78, 5) is 47.2. The van der Waals surface area contributed by atoms with E-state index in [2.05, 4.69) is 6.92 Å². The zero-order valence-corrected chi connectivity index (χ0v) is 21.3. The first-order valence-electron chi connectivity index (χ1n) is 11.5. The van der Waals surface area contributed by atoms with Crippen molar-refractivity contribution in [3.8, 4) is 23.0 Å². The van der Waals surface area contributed by atoms with E-state index in [1.807, 2.05) is 0 Å². The molecule has 0 aromatic heterocycles. The van der Waals surface area contributed by atoms with Gasteiger partial charge >= 0.3 is 11.9 Å². The molecule has 1 saturated carbocycles. The maximum atomic E-state index is 12.8. The first kappa shape index (κ1) is 27.1. The molecule has 2 aromatic carbocycles. The predicted octanol–water partition coefficient (Wildman–Crippen LogP) is 4.55. The van der Waals surface area contributed by atoms with Crippen LogP contribution >= 0.6 is 0 Å². The molecule has 0 N–H and O–H groups in total. The summed E-state index contributed by atoms with van der Waals surface area (Å²) in [6, 6.07) is 9.68. The highest BCUT2D eigenvalue weighted by Gasteiger charge is 2.45. The number of hydrogen-bond donors (Lipinski definition) is 0. The molecule has 1 aliphatic carbocycles. The zero-order chi connectivity index (χ0) is 26.3. The second kappa shape index (κ2) is 12.0. The van der Waals surface area contributed by atoms with Crippen LogP contribution in [0.5, 0.6) is 23.0 Å². The van der Waals surface area contributed by atoms with Crippen molar-refractivity contribution in [3.63, 3.8) is 0 Å². The lowest BCUT2D eigenvalue weighted by Crippen LogP contribution is -2.48. The summed E-state index contributed by atoms with van der Waals surface area (Å²) in [7, 11) is 5.79. The van der Waals surface area contributed by atoms with Crippen molar-refractivity contribution in [1.29, 1.82) is 0 Å². The number of rotatable bonds is 10. The monoisotopic (exact) mass is 504 g/mol. The molecule has 0 aliphatic heterocycles. The third-order valence-electron chi connectivity index (χ3n) is 6.22. The van der Waals surface area contributed by atoms with Gasteiger partial charge in [0.25, 0.3) is 0 Å². The van der Waals surface area contributed by atoms with Gasteiger partial charge in [-0.2, -0.15) is 9.78 Å². The Kier molecular flexibility index (Phi) is 9.00. The van der Waals surface area contributed by atoms with Crippen molar-refractivity contribution in [3.05, 3.63) is 47.5 Å². The van der Waals surface area contributed by atoms with E-state index in [1.165, 1.54) is 40.6 Å². The van der Waals surface area contributed by atoms with Crippen LogP contribution in [0, 0.1) is 5.92 Å². The van der Waals surface area contributed by atoms with Crippen LogP contribution in [0.25, 0.3) is 0 Å². The van der Waals surface area contributed by atoms with Crippen LogP contribution in [0.2, 0.25) is 0 Å². The third kappa shape index (κ3) is 5.83. The number of benzene rings is 2. The van der Waals surface area contributed by atoms with Gasteiger partial charge in [-0.1, -0.05) is 19.1 Å². The van der Waals surface area contributed by atoms with E-state index in [1.54, 1.807) is 31.2 Å².